The first-order valence-corrected chi connectivity index (χ1v) is 10.1. The van der Waals surface area contributed by atoms with E-state index in [1.807, 2.05) is 25.7 Å². The molecule has 0 aromatic carbocycles. The third-order valence-electron chi connectivity index (χ3n) is 6.13. The standard InChI is InChI=1S/C21H39N3O2/c1-19(2,3)18(26)21(7)8-10-23(11-9-21)17(25)16-22-12-14-24(15-13-22)20(4,5)6/h8-16H2,1-7H3. The van der Waals surface area contributed by atoms with Crippen molar-refractivity contribution in [3.05, 3.63) is 0 Å². The van der Waals surface area contributed by atoms with E-state index in [4.69, 9.17) is 0 Å². The van der Waals surface area contributed by atoms with Crippen LogP contribution in [0.1, 0.15) is 61.3 Å². The van der Waals surface area contributed by atoms with Gasteiger partial charge >= 0.3 is 0 Å². The summed E-state index contributed by atoms with van der Waals surface area (Å²) in [7, 11) is 0. The largest absolute Gasteiger partial charge is 0.342 e. The molecule has 2 fully saturated rings. The van der Waals surface area contributed by atoms with Gasteiger partial charge < -0.3 is 4.90 Å². The summed E-state index contributed by atoms with van der Waals surface area (Å²) >= 11 is 0. The molecule has 0 aromatic heterocycles. The van der Waals surface area contributed by atoms with E-state index in [-0.39, 0.29) is 22.3 Å². The molecule has 1 amide bonds. The van der Waals surface area contributed by atoms with Gasteiger partial charge in [0.05, 0.1) is 6.54 Å². The van der Waals surface area contributed by atoms with Crippen LogP contribution < -0.4 is 0 Å². The predicted molar refractivity (Wildman–Crippen MR) is 106 cm³/mol. The second-order valence-electron chi connectivity index (χ2n) is 10.5. The van der Waals surface area contributed by atoms with E-state index in [2.05, 4.69) is 37.5 Å². The van der Waals surface area contributed by atoms with Gasteiger partial charge in [-0.1, -0.05) is 27.7 Å². The average molecular weight is 366 g/mol. The van der Waals surface area contributed by atoms with Gasteiger partial charge in [0.2, 0.25) is 5.91 Å². The molecule has 5 heteroatoms. The second kappa shape index (κ2) is 7.59. The van der Waals surface area contributed by atoms with Gasteiger partial charge in [-0.15, -0.1) is 0 Å². The summed E-state index contributed by atoms with van der Waals surface area (Å²) in [6.45, 7) is 20.7. The molecule has 2 saturated heterocycles. The molecule has 0 spiro atoms. The summed E-state index contributed by atoms with van der Waals surface area (Å²) < 4.78 is 0. The fraction of sp³-hybridized carbons (Fsp3) is 0.905. The molecule has 150 valence electrons. The number of Topliss-reactive ketones (excluding diaryl/α,β-unsaturated/α-hetero) is 1. The lowest BCUT2D eigenvalue weighted by Crippen LogP contribution is -2.56. The Hall–Kier alpha value is -0.940. The maximum absolute atomic E-state index is 12.7. The number of ketones is 1. The minimum atomic E-state index is -0.312. The van der Waals surface area contributed by atoms with E-state index >= 15 is 0 Å². The molecule has 0 saturated carbocycles. The average Bonchev–Trinajstić information content (AvgIpc) is 2.53. The van der Waals surface area contributed by atoms with E-state index < -0.39 is 0 Å². The number of carbonyl (C=O) groups is 2. The van der Waals surface area contributed by atoms with Crippen molar-refractivity contribution < 1.29 is 9.59 Å². The monoisotopic (exact) mass is 365 g/mol. The van der Waals surface area contributed by atoms with E-state index in [1.165, 1.54) is 0 Å². The molecule has 0 unspecified atom stereocenters. The molecule has 0 aromatic rings. The number of nitrogens with zero attached hydrogens (tertiary/aromatic N) is 3. The fourth-order valence-electron chi connectivity index (χ4n) is 4.25. The van der Waals surface area contributed by atoms with Crippen molar-refractivity contribution in [1.82, 2.24) is 14.7 Å². The van der Waals surface area contributed by atoms with Crippen LogP contribution in [0.15, 0.2) is 0 Å². The Morgan fingerprint density at radius 2 is 1.35 bits per heavy atom. The Labute approximate surface area is 160 Å². The smallest absolute Gasteiger partial charge is 0.236 e. The van der Waals surface area contributed by atoms with E-state index in [1.54, 1.807) is 0 Å². The number of amides is 1. The highest BCUT2D eigenvalue weighted by Gasteiger charge is 2.42. The van der Waals surface area contributed by atoms with E-state index in [0.29, 0.717) is 25.4 Å². The number of carbonyl (C=O) groups excluding carboxylic acids is 2. The summed E-state index contributed by atoms with van der Waals surface area (Å²) in [5.41, 5.74) is -0.395. The lowest BCUT2D eigenvalue weighted by molar-refractivity contribution is -0.143. The molecule has 0 aliphatic carbocycles. The summed E-state index contributed by atoms with van der Waals surface area (Å²) in [4.78, 5) is 32.2. The first-order valence-electron chi connectivity index (χ1n) is 10.1. The van der Waals surface area contributed by atoms with Gasteiger partial charge in [-0.2, -0.15) is 0 Å². The number of hydrogen-bond acceptors (Lipinski definition) is 4. The van der Waals surface area contributed by atoms with Gasteiger partial charge in [0.1, 0.15) is 5.78 Å². The van der Waals surface area contributed by atoms with E-state index in [0.717, 1.165) is 39.0 Å². The highest BCUT2D eigenvalue weighted by molar-refractivity contribution is 5.89. The topological polar surface area (TPSA) is 43.9 Å². The van der Waals surface area contributed by atoms with Gasteiger partial charge in [-0.3, -0.25) is 19.4 Å². The Balaban J connectivity index is 1.82. The Bertz CT molecular complexity index is 514. The molecule has 2 aliphatic rings. The minimum Gasteiger partial charge on any atom is -0.342 e. The van der Waals surface area contributed by atoms with Crippen molar-refractivity contribution in [2.45, 2.75) is 66.8 Å². The summed E-state index contributed by atoms with van der Waals surface area (Å²) in [6, 6.07) is 0. The maximum atomic E-state index is 12.7. The van der Waals surface area contributed by atoms with Crippen molar-refractivity contribution in [2.75, 3.05) is 45.8 Å². The molecule has 2 heterocycles. The number of hydrogen-bond donors (Lipinski definition) is 0. The quantitative estimate of drug-likeness (QED) is 0.771. The van der Waals surface area contributed by atoms with Crippen LogP contribution in [0.2, 0.25) is 0 Å². The molecule has 0 bridgehead atoms. The van der Waals surface area contributed by atoms with Crippen molar-refractivity contribution in [1.29, 1.82) is 0 Å². The second-order valence-corrected chi connectivity index (χ2v) is 10.5. The van der Waals surface area contributed by atoms with Gasteiger partial charge in [-0.25, -0.2) is 0 Å². The number of piperidine rings is 1. The zero-order valence-corrected chi connectivity index (χ0v) is 18.0. The molecule has 5 nitrogen and oxygen atoms in total. The molecule has 2 aliphatic heterocycles. The van der Waals surface area contributed by atoms with Gasteiger partial charge in [0.15, 0.2) is 0 Å². The summed E-state index contributed by atoms with van der Waals surface area (Å²) in [5.74, 6) is 0.551. The Morgan fingerprint density at radius 1 is 0.846 bits per heavy atom. The first-order chi connectivity index (χ1) is 11.8. The molecule has 0 N–H and O–H groups in total. The third kappa shape index (κ3) is 5.07. The Kier molecular flexibility index (Phi) is 6.23. The van der Waals surface area contributed by atoms with Crippen LogP contribution in [0.4, 0.5) is 0 Å². The highest BCUT2D eigenvalue weighted by Crippen LogP contribution is 2.38. The number of piperazine rings is 1. The van der Waals surface area contributed by atoms with Crippen molar-refractivity contribution >= 4 is 11.7 Å². The number of likely N-dealkylation sites (tertiary alicyclic amines) is 1. The highest BCUT2D eigenvalue weighted by atomic mass is 16.2. The van der Waals surface area contributed by atoms with Crippen molar-refractivity contribution in [2.24, 2.45) is 10.8 Å². The van der Waals surface area contributed by atoms with E-state index in [9.17, 15) is 9.59 Å². The van der Waals surface area contributed by atoms with Crippen LogP contribution in [0, 0.1) is 10.8 Å². The molecular formula is C21H39N3O2. The van der Waals surface area contributed by atoms with Crippen molar-refractivity contribution in [3.8, 4) is 0 Å². The van der Waals surface area contributed by atoms with Crippen LogP contribution in [0.5, 0.6) is 0 Å². The fourth-order valence-corrected chi connectivity index (χ4v) is 4.25. The zero-order valence-electron chi connectivity index (χ0n) is 18.0. The maximum Gasteiger partial charge on any atom is 0.236 e. The van der Waals surface area contributed by atoms with Crippen LogP contribution >= 0.6 is 0 Å². The zero-order chi connectivity index (χ0) is 19.8. The normalized spacial score (nSPS) is 23.1. The lowest BCUT2D eigenvalue weighted by Gasteiger charge is -2.43. The van der Waals surface area contributed by atoms with Gasteiger partial charge in [0, 0.05) is 55.6 Å². The molecule has 26 heavy (non-hydrogen) atoms. The van der Waals surface area contributed by atoms with Crippen LogP contribution in [0.25, 0.3) is 0 Å². The van der Waals surface area contributed by atoms with Crippen LogP contribution in [-0.4, -0.2) is 77.7 Å². The lowest BCUT2D eigenvalue weighted by atomic mass is 9.68. The van der Waals surface area contributed by atoms with Crippen LogP contribution in [0.3, 0.4) is 0 Å². The molecule has 2 rings (SSSR count). The Morgan fingerprint density at radius 3 is 1.77 bits per heavy atom. The SMILES string of the molecule is CC(C)(C)C(=O)C1(C)CCN(C(=O)CN2CCN(C(C)(C)C)CC2)CC1. The van der Waals surface area contributed by atoms with Gasteiger partial charge in [0.25, 0.3) is 0 Å². The van der Waals surface area contributed by atoms with Gasteiger partial charge in [-0.05, 0) is 33.6 Å². The summed E-state index contributed by atoms with van der Waals surface area (Å²) in [6.07, 6.45) is 1.57. The predicted octanol–water partition coefficient (Wildman–Crippen LogP) is 2.65. The summed E-state index contributed by atoms with van der Waals surface area (Å²) in [5, 5.41) is 0. The molecule has 0 radical (unpaired) electrons. The minimum absolute atomic E-state index is 0.201. The van der Waals surface area contributed by atoms with Crippen molar-refractivity contribution in [3.63, 3.8) is 0 Å². The third-order valence-corrected chi connectivity index (χ3v) is 6.13. The van der Waals surface area contributed by atoms with Crippen LogP contribution in [-0.2, 0) is 9.59 Å². The first kappa shape index (κ1) is 21.4. The number of rotatable bonds is 3. The molecule has 0 atom stereocenters. The molecular weight excluding hydrogens is 326 g/mol.